The van der Waals surface area contributed by atoms with E-state index < -0.39 is 8.38 Å². The fourth-order valence-electron chi connectivity index (χ4n) is 0.511. The van der Waals surface area contributed by atoms with Crippen LogP contribution in [0.1, 0.15) is 6.42 Å². The minimum atomic E-state index is -0.914. The molecule has 3 nitrogen and oxygen atoms in total. The van der Waals surface area contributed by atoms with Gasteiger partial charge in [0, 0.05) is 0 Å². The molecule has 0 atom stereocenters. The Kier molecular flexibility index (Phi) is 2.70. The summed E-state index contributed by atoms with van der Waals surface area (Å²) in [7, 11) is -0.914. The first-order chi connectivity index (χ1) is 3.93. The van der Waals surface area contributed by atoms with E-state index in [1.807, 2.05) is 0 Å². The molecule has 0 unspecified atom stereocenters. The highest BCUT2D eigenvalue weighted by Gasteiger charge is 2.12. The summed E-state index contributed by atoms with van der Waals surface area (Å²) in [6.07, 6.45) is 0.994. The maximum atomic E-state index is 8.47. The van der Waals surface area contributed by atoms with Crippen molar-refractivity contribution in [2.24, 2.45) is 0 Å². The lowest BCUT2D eigenvalue weighted by Crippen LogP contribution is -2.06. The number of hydrogen-bond donors (Lipinski definition) is 1. The lowest BCUT2D eigenvalue weighted by Gasteiger charge is -2.19. The molecule has 8 heavy (non-hydrogen) atoms. The summed E-state index contributed by atoms with van der Waals surface area (Å²) >= 11 is 0. The predicted octanol–water partition coefficient (Wildman–Crippen LogP) is 0.685. The van der Waals surface area contributed by atoms with Crippen LogP contribution in [0.15, 0.2) is 0 Å². The molecule has 4 heteroatoms. The molecule has 0 aromatic rings. The van der Waals surface area contributed by atoms with Crippen LogP contribution < -0.4 is 0 Å². The van der Waals surface area contributed by atoms with Gasteiger partial charge in [-0.1, -0.05) is 0 Å². The molecule has 0 aromatic heterocycles. The number of aliphatic hydroxyl groups excluding tert-OH is 1. The number of hydrogen-bond acceptors (Lipinski definition) is 3. The molecule has 1 rings (SSSR count). The molecule has 0 aliphatic carbocycles. The topological polar surface area (TPSA) is 38.7 Å². The zero-order valence-electron chi connectivity index (χ0n) is 4.54. The van der Waals surface area contributed by atoms with Crippen molar-refractivity contribution in [3.8, 4) is 0 Å². The van der Waals surface area contributed by atoms with E-state index in [2.05, 4.69) is 0 Å². The molecule has 0 aromatic carbocycles. The molecule has 0 saturated carbocycles. The van der Waals surface area contributed by atoms with E-state index in [4.69, 9.17) is 14.2 Å². The summed E-state index contributed by atoms with van der Waals surface area (Å²) in [5, 5.41) is 8.47. The molecular weight excluding hydrogens is 127 g/mol. The second kappa shape index (κ2) is 3.36. The molecule has 0 spiro atoms. The van der Waals surface area contributed by atoms with Crippen molar-refractivity contribution < 1.29 is 14.2 Å². The average Bonchev–Trinajstić information content (AvgIpc) is 1.90. The number of aliphatic hydroxyl groups is 1. The van der Waals surface area contributed by atoms with Crippen LogP contribution in [0.25, 0.3) is 0 Å². The van der Waals surface area contributed by atoms with Gasteiger partial charge in [0.15, 0.2) is 8.38 Å². The van der Waals surface area contributed by atoms with Crippen molar-refractivity contribution >= 4 is 8.38 Å². The lowest BCUT2D eigenvalue weighted by molar-refractivity contribution is 0.165. The Balaban J connectivity index is 2.13. The smallest absolute Gasteiger partial charge is 0.198 e. The maximum absolute atomic E-state index is 8.47. The largest absolute Gasteiger partial charge is 0.387 e. The summed E-state index contributed by atoms with van der Waals surface area (Å²) in [4.78, 5) is 0. The highest BCUT2D eigenvalue weighted by Crippen LogP contribution is 2.39. The van der Waals surface area contributed by atoms with E-state index in [9.17, 15) is 0 Å². The average molecular weight is 136 g/mol. The van der Waals surface area contributed by atoms with E-state index in [1.165, 1.54) is 0 Å². The molecule has 48 valence electrons. The predicted molar refractivity (Wildman–Crippen MR) is 30.5 cm³/mol. The second-order valence-electron chi connectivity index (χ2n) is 1.49. The summed E-state index contributed by atoms with van der Waals surface area (Å²) in [6, 6.07) is 0. The first kappa shape index (κ1) is 6.43. The molecular formula is C4H9O3P. The van der Waals surface area contributed by atoms with E-state index in [1.54, 1.807) is 0 Å². The van der Waals surface area contributed by atoms with Crippen molar-refractivity contribution in [3.05, 3.63) is 0 Å². The van der Waals surface area contributed by atoms with Gasteiger partial charge in [0.2, 0.25) is 0 Å². The van der Waals surface area contributed by atoms with Gasteiger partial charge in [-0.3, -0.25) is 0 Å². The number of rotatable bonds is 1. The van der Waals surface area contributed by atoms with Crippen LogP contribution in [0, 0.1) is 0 Å². The van der Waals surface area contributed by atoms with Gasteiger partial charge in [0.25, 0.3) is 0 Å². The first-order valence-electron chi connectivity index (χ1n) is 2.57. The summed E-state index contributed by atoms with van der Waals surface area (Å²) in [6.45, 7) is 1.48. The van der Waals surface area contributed by atoms with Crippen molar-refractivity contribution in [1.82, 2.24) is 0 Å². The van der Waals surface area contributed by atoms with Crippen molar-refractivity contribution in [2.75, 3.05) is 19.6 Å². The molecule has 1 heterocycles. The Hall–Kier alpha value is 0.310. The van der Waals surface area contributed by atoms with Crippen LogP contribution in [-0.2, 0) is 9.05 Å². The molecule has 1 aliphatic rings. The van der Waals surface area contributed by atoms with Gasteiger partial charge in [0.1, 0.15) is 6.35 Å². The molecule has 0 radical (unpaired) electrons. The fraction of sp³-hybridized carbons (Fsp3) is 1.00. The third kappa shape index (κ3) is 1.67. The van der Waals surface area contributed by atoms with Crippen molar-refractivity contribution in [1.29, 1.82) is 0 Å². The zero-order valence-corrected chi connectivity index (χ0v) is 5.43. The Morgan fingerprint density at radius 3 is 2.38 bits per heavy atom. The molecule has 1 saturated heterocycles. The summed E-state index contributed by atoms with van der Waals surface area (Å²) < 4.78 is 10.0. The van der Waals surface area contributed by atoms with Gasteiger partial charge >= 0.3 is 0 Å². The van der Waals surface area contributed by atoms with E-state index in [-0.39, 0.29) is 6.35 Å². The zero-order chi connectivity index (χ0) is 5.82. The molecule has 1 aliphatic heterocycles. The molecule has 0 bridgehead atoms. The van der Waals surface area contributed by atoms with Crippen LogP contribution in [0.3, 0.4) is 0 Å². The van der Waals surface area contributed by atoms with E-state index in [0.717, 1.165) is 19.6 Å². The van der Waals surface area contributed by atoms with Crippen LogP contribution in [-0.4, -0.2) is 24.7 Å². The Morgan fingerprint density at radius 2 is 2.00 bits per heavy atom. The van der Waals surface area contributed by atoms with Crippen LogP contribution in [0.4, 0.5) is 0 Å². The van der Waals surface area contributed by atoms with E-state index >= 15 is 0 Å². The van der Waals surface area contributed by atoms with Gasteiger partial charge in [-0.2, -0.15) is 0 Å². The first-order valence-corrected chi connectivity index (χ1v) is 3.94. The van der Waals surface area contributed by atoms with Gasteiger partial charge in [-0.25, -0.2) is 0 Å². The van der Waals surface area contributed by atoms with Gasteiger partial charge in [-0.15, -0.1) is 0 Å². The SMILES string of the molecule is OCP1OCCCO1. The van der Waals surface area contributed by atoms with Gasteiger partial charge < -0.3 is 14.2 Å². The third-order valence-corrected chi connectivity index (χ3v) is 2.05. The quantitative estimate of drug-likeness (QED) is 0.539. The monoisotopic (exact) mass is 136 g/mol. The van der Waals surface area contributed by atoms with Gasteiger partial charge in [0.05, 0.1) is 13.2 Å². The Labute approximate surface area is 49.5 Å². The third-order valence-electron chi connectivity index (χ3n) is 0.875. The van der Waals surface area contributed by atoms with Gasteiger partial charge in [-0.05, 0) is 6.42 Å². The standard InChI is InChI=1S/C4H9O3P/c5-4-8-6-2-1-3-7-8/h5H,1-4H2. The summed E-state index contributed by atoms with van der Waals surface area (Å²) in [5.41, 5.74) is 0. The fourth-order valence-corrected chi connectivity index (χ4v) is 1.41. The van der Waals surface area contributed by atoms with Crippen LogP contribution >= 0.6 is 8.38 Å². The van der Waals surface area contributed by atoms with Crippen LogP contribution in [0.2, 0.25) is 0 Å². The minimum Gasteiger partial charge on any atom is -0.387 e. The molecule has 1 fully saturated rings. The van der Waals surface area contributed by atoms with Crippen molar-refractivity contribution in [3.63, 3.8) is 0 Å². The minimum absolute atomic E-state index is 0.0370. The second-order valence-corrected chi connectivity index (χ2v) is 2.96. The lowest BCUT2D eigenvalue weighted by atomic mass is 10.5. The Morgan fingerprint density at radius 1 is 1.38 bits per heavy atom. The van der Waals surface area contributed by atoms with E-state index in [0.29, 0.717) is 0 Å². The van der Waals surface area contributed by atoms with Crippen LogP contribution in [0.5, 0.6) is 0 Å². The summed E-state index contributed by atoms with van der Waals surface area (Å²) in [5.74, 6) is 0. The Bertz CT molecular complexity index is 62.3. The van der Waals surface area contributed by atoms with Crippen molar-refractivity contribution in [2.45, 2.75) is 6.42 Å². The highest BCUT2D eigenvalue weighted by atomic mass is 31.2. The highest BCUT2D eigenvalue weighted by molar-refractivity contribution is 7.47. The maximum Gasteiger partial charge on any atom is 0.198 e. The molecule has 0 amide bonds. The molecule has 1 N–H and O–H groups in total. The normalized spacial score (nSPS) is 23.6.